The van der Waals surface area contributed by atoms with Crippen LogP contribution in [0.4, 0.5) is 4.39 Å². The first kappa shape index (κ1) is 16.5. The number of nitrogens with zero attached hydrogens (tertiary/aromatic N) is 6. The smallest absolute Gasteiger partial charge is 0.256 e. The number of likely N-dealkylation sites (N-methyl/N-ethyl adjacent to an activating group) is 1. The largest absolute Gasteiger partial charge is 0.340 e. The highest BCUT2D eigenvalue weighted by molar-refractivity contribution is 5.93. The molecule has 1 fully saturated rings. The minimum Gasteiger partial charge on any atom is -0.340 e. The van der Waals surface area contributed by atoms with Crippen LogP contribution in [0.1, 0.15) is 22.3 Å². The molecular weight excluding hydrogens is 311 g/mol. The summed E-state index contributed by atoms with van der Waals surface area (Å²) in [4.78, 5) is 24.1. The number of carbonyl (C=O) groups excluding carboxylic acids is 1. The van der Waals surface area contributed by atoms with Gasteiger partial charge in [-0.1, -0.05) is 0 Å². The minimum absolute atomic E-state index is 0.0224. The van der Waals surface area contributed by atoms with Gasteiger partial charge in [0.25, 0.3) is 5.91 Å². The van der Waals surface area contributed by atoms with Gasteiger partial charge in [0.2, 0.25) is 0 Å². The maximum Gasteiger partial charge on any atom is 0.256 e. The molecule has 8 heteroatoms. The van der Waals surface area contributed by atoms with Gasteiger partial charge < -0.3 is 4.90 Å². The van der Waals surface area contributed by atoms with Crippen molar-refractivity contribution in [1.82, 2.24) is 29.5 Å². The molecule has 1 aliphatic heterocycles. The summed E-state index contributed by atoms with van der Waals surface area (Å²) in [5, 5.41) is 4.02. The third-order valence-corrected chi connectivity index (χ3v) is 4.26. The average Bonchev–Trinajstić information content (AvgIpc) is 3.13. The second-order valence-corrected chi connectivity index (χ2v) is 6.25. The number of hydrogen-bond donors (Lipinski definition) is 0. The SMILES string of the molecule is CN(C[C@@H]1C[C@H](F)CN1Cc1cncnc1)C(=O)c1cnn(C)c1. The van der Waals surface area contributed by atoms with Gasteiger partial charge in [0.05, 0.1) is 11.8 Å². The molecule has 0 bridgehead atoms. The van der Waals surface area contributed by atoms with E-state index < -0.39 is 6.17 Å². The van der Waals surface area contributed by atoms with Crippen LogP contribution in [0.5, 0.6) is 0 Å². The van der Waals surface area contributed by atoms with Gasteiger partial charge in [-0.15, -0.1) is 0 Å². The van der Waals surface area contributed by atoms with Crippen LogP contribution in [0.3, 0.4) is 0 Å². The molecule has 0 unspecified atom stereocenters. The van der Waals surface area contributed by atoms with Gasteiger partial charge in [0.1, 0.15) is 12.5 Å². The van der Waals surface area contributed by atoms with Crippen LogP contribution < -0.4 is 0 Å². The van der Waals surface area contributed by atoms with Crippen molar-refractivity contribution < 1.29 is 9.18 Å². The van der Waals surface area contributed by atoms with Crippen molar-refractivity contribution in [3.05, 3.63) is 42.2 Å². The van der Waals surface area contributed by atoms with Crippen LogP contribution in [0.15, 0.2) is 31.1 Å². The maximum absolute atomic E-state index is 13.9. The van der Waals surface area contributed by atoms with E-state index in [4.69, 9.17) is 0 Å². The van der Waals surface area contributed by atoms with Crippen LogP contribution in [-0.2, 0) is 13.6 Å². The van der Waals surface area contributed by atoms with Gasteiger partial charge in [-0.2, -0.15) is 5.10 Å². The fourth-order valence-corrected chi connectivity index (χ4v) is 3.10. The van der Waals surface area contributed by atoms with Gasteiger partial charge in [0.15, 0.2) is 0 Å². The number of halogens is 1. The Labute approximate surface area is 140 Å². The molecule has 1 amide bonds. The molecule has 3 rings (SSSR count). The van der Waals surface area contributed by atoms with Gasteiger partial charge in [-0.3, -0.25) is 14.4 Å². The normalized spacial score (nSPS) is 21.1. The molecule has 0 spiro atoms. The minimum atomic E-state index is -0.874. The number of alkyl halides is 1. The van der Waals surface area contributed by atoms with Crippen molar-refractivity contribution in [2.75, 3.05) is 20.1 Å². The van der Waals surface area contributed by atoms with E-state index >= 15 is 0 Å². The molecule has 24 heavy (non-hydrogen) atoms. The summed E-state index contributed by atoms with van der Waals surface area (Å²) in [6.45, 7) is 1.43. The van der Waals surface area contributed by atoms with E-state index in [-0.39, 0.29) is 11.9 Å². The Morgan fingerprint density at radius 2 is 2.12 bits per heavy atom. The number of amides is 1. The fourth-order valence-electron chi connectivity index (χ4n) is 3.10. The Bertz CT molecular complexity index is 691. The molecule has 7 nitrogen and oxygen atoms in total. The number of aromatic nitrogens is 4. The Morgan fingerprint density at radius 3 is 2.79 bits per heavy atom. The highest BCUT2D eigenvalue weighted by atomic mass is 19.1. The van der Waals surface area contributed by atoms with Gasteiger partial charge in [0, 0.05) is 63.9 Å². The Kier molecular flexibility index (Phi) is 4.84. The third-order valence-electron chi connectivity index (χ3n) is 4.26. The topological polar surface area (TPSA) is 67.2 Å². The first-order valence-corrected chi connectivity index (χ1v) is 7.89. The predicted octanol–water partition coefficient (Wildman–Crippen LogP) is 0.895. The highest BCUT2D eigenvalue weighted by Gasteiger charge is 2.33. The molecule has 128 valence electrons. The molecular formula is C16H21FN6O. The second-order valence-electron chi connectivity index (χ2n) is 6.25. The lowest BCUT2D eigenvalue weighted by molar-refractivity contribution is 0.0749. The first-order valence-electron chi connectivity index (χ1n) is 7.89. The molecule has 0 saturated carbocycles. The second kappa shape index (κ2) is 7.04. The Hall–Kier alpha value is -2.35. The van der Waals surface area contributed by atoms with Crippen molar-refractivity contribution in [1.29, 1.82) is 0 Å². The summed E-state index contributed by atoms with van der Waals surface area (Å²) in [6, 6.07) is -0.0224. The fraction of sp³-hybridized carbons (Fsp3) is 0.500. The monoisotopic (exact) mass is 332 g/mol. The Balaban J connectivity index is 1.64. The molecule has 3 heterocycles. The summed E-state index contributed by atoms with van der Waals surface area (Å²) < 4.78 is 15.5. The maximum atomic E-state index is 13.9. The molecule has 0 N–H and O–H groups in total. The zero-order valence-corrected chi connectivity index (χ0v) is 13.8. The van der Waals surface area contributed by atoms with E-state index in [9.17, 15) is 9.18 Å². The van der Waals surface area contributed by atoms with Crippen molar-refractivity contribution in [3.63, 3.8) is 0 Å². The van der Waals surface area contributed by atoms with E-state index in [0.29, 0.717) is 31.6 Å². The van der Waals surface area contributed by atoms with Gasteiger partial charge >= 0.3 is 0 Å². The summed E-state index contributed by atoms with van der Waals surface area (Å²) in [7, 11) is 3.51. The van der Waals surface area contributed by atoms with E-state index in [1.54, 1.807) is 48.5 Å². The lowest BCUT2D eigenvalue weighted by atomic mass is 10.1. The number of hydrogen-bond acceptors (Lipinski definition) is 5. The van der Waals surface area contributed by atoms with E-state index in [2.05, 4.69) is 20.0 Å². The predicted molar refractivity (Wildman–Crippen MR) is 85.9 cm³/mol. The third kappa shape index (κ3) is 3.76. The molecule has 0 aromatic carbocycles. The number of likely N-dealkylation sites (tertiary alicyclic amines) is 1. The van der Waals surface area contributed by atoms with Gasteiger partial charge in [-0.05, 0) is 6.42 Å². The van der Waals surface area contributed by atoms with Crippen LogP contribution >= 0.6 is 0 Å². The summed E-state index contributed by atoms with van der Waals surface area (Å²) in [5.74, 6) is -0.103. The van der Waals surface area contributed by atoms with Crippen molar-refractivity contribution in [3.8, 4) is 0 Å². The van der Waals surface area contributed by atoms with Crippen molar-refractivity contribution in [2.45, 2.75) is 25.2 Å². The van der Waals surface area contributed by atoms with Crippen LogP contribution in [0.25, 0.3) is 0 Å². The number of aryl methyl sites for hydroxylation is 1. The molecule has 1 saturated heterocycles. The molecule has 2 atom stereocenters. The van der Waals surface area contributed by atoms with Crippen molar-refractivity contribution in [2.24, 2.45) is 7.05 Å². The lowest BCUT2D eigenvalue weighted by Crippen LogP contribution is -2.40. The van der Waals surface area contributed by atoms with Crippen LogP contribution in [0, 0.1) is 0 Å². The van der Waals surface area contributed by atoms with E-state index in [1.807, 2.05) is 0 Å². The molecule has 0 aliphatic carbocycles. The molecule has 2 aromatic heterocycles. The van der Waals surface area contributed by atoms with Crippen LogP contribution in [0.2, 0.25) is 0 Å². The number of carbonyl (C=O) groups is 1. The van der Waals surface area contributed by atoms with Crippen LogP contribution in [-0.4, -0.2) is 67.8 Å². The Morgan fingerprint density at radius 1 is 1.38 bits per heavy atom. The average molecular weight is 332 g/mol. The molecule has 1 aliphatic rings. The first-order chi connectivity index (χ1) is 11.5. The highest BCUT2D eigenvalue weighted by Crippen LogP contribution is 2.23. The molecule has 0 radical (unpaired) electrons. The summed E-state index contributed by atoms with van der Waals surface area (Å²) >= 11 is 0. The molecule has 2 aromatic rings. The zero-order chi connectivity index (χ0) is 17.1. The van der Waals surface area contributed by atoms with E-state index in [1.165, 1.54) is 6.33 Å². The quantitative estimate of drug-likeness (QED) is 0.814. The lowest BCUT2D eigenvalue weighted by Gasteiger charge is -2.28. The van der Waals surface area contributed by atoms with Gasteiger partial charge in [-0.25, -0.2) is 14.4 Å². The van der Waals surface area contributed by atoms with Crippen molar-refractivity contribution >= 4 is 5.91 Å². The summed E-state index contributed by atoms with van der Waals surface area (Å²) in [5.41, 5.74) is 1.48. The number of rotatable bonds is 5. The summed E-state index contributed by atoms with van der Waals surface area (Å²) in [6.07, 6.45) is 7.73. The zero-order valence-electron chi connectivity index (χ0n) is 13.8. The van der Waals surface area contributed by atoms with E-state index in [0.717, 1.165) is 5.56 Å². The standard InChI is InChI=1S/C16H21FN6O/c1-21(16(24)13-6-20-22(2)8-13)10-15-3-14(17)9-23(15)7-12-4-18-11-19-5-12/h4-6,8,11,14-15H,3,7,9-10H2,1-2H3/t14-,15-/m0/s1.